The predicted molar refractivity (Wildman–Crippen MR) is 249 cm³/mol. The highest BCUT2D eigenvalue weighted by Crippen LogP contribution is 2.56. The number of para-hydroxylation sites is 2. The number of nitrogens with zero attached hydrogens (tertiary/aromatic N) is 2. The van der Waals surface area contributed by atoms with E-state index in [4.69, 9.17) is 4.74 Å². The summed E-state index contributed by atoms with van der Waals surface area (Å²) in [5, 5.41) is 7.04. The monoisotopic (exact) mass is 780 g/mol. The fourth-order valence-corrected chi connectivity index (χ4v) is 9.22. The van der Waals surface area contributed by atoms with Crippen LogP contribution in [-0.2, 0) is 18.5 Å². The van der Waals surface area contributed by atoms with E-state index in [1.807, 2.05) is 24.3 Å². The van der Waals surface area contributed by atoms with Crippen molar-refractivity contribution in [3.63, 3.8) is 0 Å². The minimum atomic E-state index is -0.528. The lowest BCUT2D eigenvalue weighted by Gasteiger charge is -2.37. The van der Waals surface area contributed by atoms with Crippen molar-refractivity contribution in [3.05, 3.63) is 233 Å². The number of ether oxygens (including phenoxy) is 1. The van der Waals surface area contributed by atoms with Gasteiger partial charge in [-0.15, -0.1) is 0 Å². The average molecular weight is 781 g/mol. The Kier molecular flexibility index (Phi) is 9.78. The standard InChI is InChI=1S/C55H48N4O/c1-3-58(48-29-25-46(26-30-48)56-44-14-6-4-7-15-44)36-40-34-42(23-22-39(40)2)55(52-20-12-10-18-50(52)51-19-11-13-21-53(51)55)43-24-33-54-41(35-43)37-59(38-60-54)49-31-27-47(28-32-49)57-45-16-8-5-9-17-45/h4-35,56-57H,3,36-38H2,1-2H3. The third kappa shape index (κ3) is 6.82. The maximum atomic E-state index is 6.48. The van der Waals surface area contributed by atoms with Crippen molar-refractivity contribution >= 4 is 34.1 Å². The van der Waals surface area contributed by atoms with Crippen LogP contribution in [-0.4, -0.2) is 13.3 Å². The largest absolute Gasteiger partial charge is 0.473 e. The van der Waals surface area contributed by atoms with Crippen LogP contribution in [0.1, 0.15) is 45.9 Å². The summed E-state index contributed by atoms with van der Waals surface area (Å²) in [5.41, 5.74) is 17.6. The number of benzene rings is 8. The van der Waals surface area contributed by atoms with Crippen molar-refractivity contribution in [2.75, 3.05) is 33.7 Å². The molecule has 2 N–H and O–H groups in total. The molecule has 2 aliphatic rings. The normalized spacial score (nSPS) is 13.4. The second-order valence-corrected chi connectivity index (χ2v) is 15.9. The maximum Gasteiger partial charge on any atom is 0.161 e. The van der Waals surface area contributed by atoms with Crippen molar-refractivity contribution < 1.29 is 4.74 Å². The third-order valence-corrected chi connectivity index (χ3v) is 12.3. The molecule has 294 valence electrons. The van der Waals surface area contributed by atoms with Gasteiger partial charge in [-0.25, -0.2) is 0 Å². The summed E-state index contributed by atoms with van der Waals surface area (Å²) in [5.74, 6) is 0.945. The summed E-state index contributed by atoms with van der Waals surface area (Å²) in [6, 6.07) is 70.2. The van der Waals surface area contributed by atoms with Gasteiger partial charge in [0, 0.05) is 59.3 Å². The highest BCUT2D eigenvalue weighted by atomic mass is 16.5. The number of rotatable bonds is 11. The zero-order valence-electron chi connectivity index (χ0n) is 34.1. The molecule has 10 rings (SSSR count). The van der Waals surface area contributed by atoms with Gasteiger partial charge in [-0.1, -0.05) is 109 Å². The summed E-state index contributed by atoms with van der Waals surface area (Å²) in [6.07, 6.45) is 0. The summed E-state index contributed by atoms with van der Waals surface area (Å²) in [4.78, 5) is 4.78. The van der Waals surface area contributed by atoms with Gasteiger partial charge in [-0.3, -0.25) is 0 Å². The lowest BCUT2D eigenvalue weighted by atomic mass is 9.67. The lowest BCUT2D eigenvalue weighted by molar-refractivity contribution is 0.289. The van der Waals surface area contributed by atoms with Gasteiger partial charge >= 0.3 is 0 Å². The molecule has 1 heterocycles. The quantitative estimate of drug-likeness (QED) is 0.137. The number of hydrogen-bond acceptors (Lipinski definition) is 5. The molecule has 5 nitrogen and oxygen atoms in total. The Morgan fingerprint density at radius 3 is 1.72 bits per heavy atom. The van der Waals surface area contributed by atoms with Crippen LogP contribution in [0.4, 0.5) is 34.1 Å². The van der Waals surface area contributed by atoms with Gasteiger partial charge in [-0.2, -0.15) is 0 Å². The Hall–Kier alpha value is -7.24. The van der Waals surface area contributed by atoms with Gasteiger partial charge in [0.15, 0.2) is 6.73 Å². The van der Waals surface area contributed by atoms with Crippen LogP contribution in [0.3, 0.4) is 0 Å². The van der Waals surface area contributed by atoms with Crippen LogP contribution in [0.2, 0.25) is 0 Å². The van der Waals surface area contributed by atoms with Gasteiger partial charge in [0.2, 0.25) is 0 Å². The molecule has 0 saturated carbocycles. The van der Waals surface area contributed by atoms with E-state index in [0.29, 0.717) is 6.73 Å². The van der Waals surface area contributed by atoms with E-state index in [0.717, 1.165) is 53.8 Å². The topological polar surface area (TPSA) is 39.8 Å². The molecule has 5 heteroatoms. The summed E-state index contributed by atoms with van der Waals surface area (Å²) >= 11 is 0. The number of hydrogen-bond donors (Lipinski definition) is 2. The molecular formula is C55H48N4O. The number of nitrogens with one attached hydrogen (secondary N) is 2. The minimum absolute atomic E-state index is 0.496. The number of fused-ring (bicyclic) bond motifs is 4. The molecular weight excluding hydrogens is 733 g/mol. The molecule has 0 aromatic heterocycles. The molecule has 8 aromatic carbocycles. The van der Waals surface area contributed by atoms with E-state index >= 15 is 0 Å². The Morgan fingerprint density at radius 2 is 1.10 bits per heavy atom. The van der Waals surface area contributed by atoms with E-state index in [9.17, 15) is 0 Å². The van der Waals surface area contributed by atoms with Crippen molar-refractivity contribution in [3.8, 4) is 16.9 Å². The first kappa shape index (κ1) is 37.1. The van der Waals surface area contributed by atoms with Crippen LogP contribution in [0.5, 0.6) is 5.75 Å². The van der Waals surface area contributed by atoms with Crippen LogP contribution < -0.4 is 25.2 Å². The first-order valence-corrected chi connectivity index (χ1v) is 21.0. The second-order valence-electron chi connectivity index (χ2n) is 15.9. The van der Waals surface area contributed by atoms with Crippen LogP contribution in [0.15, 0.2) is 194 Å². The Bertz CT molecular complexity index is 2720. The third-order valence-electron chi connectivity index (χ3n) is 12.3. The number of aryl methyl sites for hydroxylation is 1. The summed E-state index contributed by atoms with van der Waals surface area (Å²) < 4.78 is 6.48. The van der Waals surface area contributed by atoms with Gasteiger partial charge in [0.1, 0.15) is 5.75 Å². The predicted octanol–water partition coefficient (Wildman–Crippen LogP) is 13.2. The summed E-state index contributed by atoms with van der Waals surface area (Å²) in [6.45, 7) is 7.43. The molecule has 60 heavy (non-hydrogen) atoms. The van der Waals surface area contributed by atoms with Crippen molar-refractivity contribution in [1.29, 1.82) is 0 Å². The second kappa shape index (κ2) is 15.8. The smallest absolute Gasteiger partial charge is 0.161 e. The molecule has 0 fully saturated rings. The minimum Gasteiger partial charge on any atom is -0.473 e. The van der Waals surface area contributed by atoms with E-state index in [1.54, 1.807) is 0 Å². The van der Waals surface area contributed by atoms with Crippen molar-refractivity contribution in [2.24, 2.45) is 0 Å². The molecule has 0 amide bonds. The van der Waals surface area contributed by atoms with Crippen LogP contribution in [0.25, 0.3) is 11.1 Å². The van der Waals surface area contributed by atoms with E-state index in [1.165, 1.54) is 55.8 Å². The van der Waals surface area contributed by atoms with Gasteiger partial charge in [0.05, 0.1) is 5.41 Å². The molecule has 0 spiro atoms. The molecule has 1 aliphatic heterocycles. The first-order valence-electron chi connectivity index (χ1n) is 21.0. The first-order chi connectivity index (χ1) is 29.6. The maximum absolute atomic E-state index is 6.48. The van der Waals surface area contributed by atoms with Crippen LogP contribution >= 0.6 is 0 Å². The fraction of sp³-hybridized carbons (Fsp3) is 0.127. The molecule has 0 atom stereocenters. The average Bonchev–Trinajstić information content (AvgIpc) is 3.61. The molecule has 0 unspecified atom stereocenters. The molecule has 0 radical (unpaired) electrons. The van der Waals surface area contributed by atoms with Gasteiger partial charge in [0.25, 0.3) is 0 Å². The molecule has 1 aliphatic carbocycles. The molecule has 0 bridgehead atoms. The van der Waals surface area contributed by atoms with Crippen molar-refractivity contribution in [1.82, 2.24) is 0 Å². The lowest BCUT2D eigenvalue weighted by Crippen LogP contribution is -2.33. The molecule has 0 saturated heterocycles. The van der Waals surface area contributed by atoms with Gasteiger partial charge < -0.3 is 25.2 Å². The zero-order chi connectivity index (χ0) is 40.5. The number of anilines is 6. The highest BCUT2D eigenvalue weighted by molar-refractivity contribution is 5.86. The van der Waals surface area contributed by atoms with E-state index < -0.39 is 5.41 Å². The SMILES string of the molecule is CCN(Cc1cc(C2(c3ccc4c(c3)CN(c3ccc(Nc5ccccc5)cc3)CO4)c3ccccc3-c3ccccc32)ccc1C)c1ccc(Nc2ccccc2)cc1. The summed E-state index contributed by atoms with van der Waals surface area (Å²) in [7, 11) is 0. The molecule has 8 aromatic rings. The Morgan fingerprint density at radius 1 is 0.567 bits per heavy atom. The fourth-order valence-electron chi connectivity index (χ4n) is 9.22. The van der Waals surface area contributed by atoms with Gasteiger partial charge in [-0.05, 0) is 143 Å². The zero-order valence-corrected chi connectivity index (χ0v) is 34.1. The van der Waals surface area contributed by atoms with E-state index in [-0.39, 0.29) is 0 Å². The van der Waals surface area contributed by atoms with E-state index in [2.05, 4.69) is 204 Å². The Labute approximate surface area is 353 Å². The van der Waals surface area contributed by atoms with Crippen molar-refractivity contribution in [2.45, 2.75) is 32.4 Å². The van der Waals surface area contributed by atoms with Crippen LogP contribution in [0, 0.1) is 6.92 Å². The Balaban J connectivity index is 1.01. The highest BCUT2D eigenvalue weighted by Gasteiger charge is 2.46.